The Bertz CT molecular complexity index is 974. The zero-order chi connectivity index (χ0) is 16.7. The zero-order valence-corrected chi connectivity index (χ0v) is 15.9. The Hall–Kier alpha value is -1.29. The monoisotopic (exact) mass is 426 g/mol. The second-order valence-corrected chi connectivity index (χ2v) is 10.3. The lowest BCUT2D eigenvalue weighted by atomic mass is 10.1. The maximum Gasteiger partial charge on any atom is 0.252 e. The second kappa shape index (κ2) is 6.21. The summed E-state index contributed by atoms with van der Waals surface area (Å²) in [4.78, 5) is 8.78. The number of thiophene rings is 1. The van der Waals surface area contributed by atoms with Gasteiger partial charge in [-0.1, -0.05) is 0 Å². The minimum absolute atomic E-state index is 0.228. The lowest BCUT2D eigenvalue weighted by molar-refractivity contribution is 0.277. The van der Waals surface area contributed by atoms with Gasteiger partial charge >= 0.3 is 0 Å². The molecular weight excluding hydrogens is 412 g/mol. The van der Waals surface area contributed by atoms with Gasteiger partial charge in [-0.3, -0.25) is 0 Å². The third kappa shape index (κ3) is 2.79. The summed E-state index contributed by atoms with van der Waals surface area (Å²) in [6.07, 6.45) is 5.08. The lowest BCUT2D eigenvalue weighted by Crippen LogP contribution is -2.38. The summed E-state index contributed by atoms with van der Waals surface area (Å²) in [5.74, 6) is 0. The van der Waals surface area contributed by atoms with Crippen LogP contribution in [0.15, 0.2) is 44.8 Å². The molecule has 0 atom stereocenters. The Kier molecular flexibility index (Phi) is 4.19. The summed E-state index contributed by atoms with van der Waals surface area (Å²) in [6.45, 7) is 1.02. The van der Waals surface area contributed by atoms with Gasteiger partial charge in [-0.05, 0) is 53.0 Å². The van der Waals surface area contributed by atoms with E-state index in [1.807, 2.05) is 18.5 Å². The number of imidazole rings is 1. The van der Waals surface area contributed by atoms with Gasteiger partial charge < -0.3 is 4.57 Å². The van der Waals surface area contributed by atoms with E-state index in [2.05, 4.69) is 30.5 Å². The summed E-state index contributed by atoms with van der Waals surface area (Å²) >= 11 is 4.58. The van der Waals surface area contributed by atoms with Crippen LogP contribution in [-0.2, 0) is 10.0 Å². The SMILES string of the molecule is O=S(=O)(c1ccc(Br)s1)N1CCC(n2cnc3cccnc32)CC1. The maximum atomic E-state index is 12.7. The zero-order valence-electron chi connectivity index (χ0n) is 12.7. The number of aromatic nitrogens is 3. The molecule has 1 fully saturated rings. The van der Waals surface area contributed by atoms with Crippen LogP contribution in [0.3, 0.4) is 0 Å². The molecule has 9 heteroatoms. The highest BCUT2D eigenvalue weighted by Crippen LogP contribution is 2.32. The number of rotatable bonds is 3. The highest BCUT2D eigenvalue weighted by atomic mass is 79.9. The third-order valence-electron chi connectivity index (χ3n) is 4.29. The van der Waals surface area contributed by atoms with Gasteiger partial charge in [0.2, 0.25) is 0 Å². The number of fused-ring (bicyclic) bond motifs is 1. The molecule has 4 heterocycles. The van der Waals surface area contributed by atoms with Crippen LogP contribution in [-0.4, -0.2) is 40.3 Å². The van der Waals surface area contributed by atoms with E-state index in [1.54, 1.807) is 22.6 Å². The molecule has 0 aliphatic carbocycles. The van der Waals surface area contributed by atoms with E-state index in [-0.39, 0.29) is 6.04 Å². The number of pyridine rings is 1. The molecule has 3 aromatic heterocycles. The van der Waals surface area contributed by atoms with E-state index >= 15 is 0 Å². The van der Waals surface area contributed by atoms with Crippen molar-refractivity contribution in [3.63, 3.8) is 0 Å². The van der Waals surface area contributed by atoms with Crippen molar-refractivity contribution >= 4 is 48.5 Å². The van der Waals surface area contributed by atoms with Gasteiger partial charge in [0, 0.05) is 25.3 Å². The van der Waals surface area contributed by atoms with Gasteiger partial charge in [0.25, 0.3) is 10.0 Å². The first kappa shape index (κ1) is 16.2. The van der Waals surface area contributed by atoms with E-state index in [1.165, 1.54) is 11.3 Å². The summed E-state index contributed by atoms with van der Waals surface area (Å²) in [5.41, 5.74) is 1.73. The first-order valence-electron chi connectivity index (χ1n) is 7.59. The minimum atomic E-state index is -3.39. The van der Waals surface area contributed by atoms with Crippen LogP contribution in [0.25, 0.3) is 11.2 Å². The Morgan fingerprint density at radius 2 is 1.96 bits per heavy atom. The molecule has 126 valence electrons. The van der Waals surface area contributed by atoms with Crippen molar-refractivity contribution in [2.24, 2.45) is 0 Å². The van der Waals surface area contributed by atoms with Crippen LogP contribution < -0.4 is 0 Å². The molecule has 0 radical (unpaired) electrons. The number of halogens is 1. The lowest BCUT2D eigenvalue weighted by Gasteiger charge is -2.31. The number of nitrogens with zero attached hydrogens (tertiary/aromatic N) is 4. The van der Waals surface area contributed by atoms with Crippen molar-refractivity contribution in [3.8, 4) is 0 Å². The summed E-state index contributed by atoms with van der Waals surface area (Å²) in [7, 11) is -3.39. The number of piperidine rings is 1. The Morgan fingerprint density at radius 1 is 1.17 bits per heavy atom. The van der Waals surface area contributed by atoms with E-state index in [0.29, 0.717) is 17.3 Å². The van der Waals surface area contributed by atoms with E-state index in [9.17, 15) is 8.42 Å². The molecule has 0 amide bonds. The van der Waals surface area contributed by atoms with Crippen molar-refractivity contribution in [3.05, 3.63) is 40.6 Å². The van der Waals surface area contributed by atoms with Crippen LogP contribution in [0.4, 0.5) is 0 Å². The fourth-order valence-electron chi connectivity index (χ4n) is 3.06. The van der Waals surface area contributed by atoms with Crippen LogP contribution in [0, 0.1) is 0 Å². The van der Waals surface area contributed by atoms with Crippen LogP contribution in [0.2, 0.25) is 0 Å². The van der Waals surface area contributed by atoms with Gasteiger partial charge in [0.05, 0.1) is 10.1 Å². The van der Waals surface area contributed by atoms with Crippen molar-refractivity contribution in [1.82, 2.24) is 18.8 Å². The molecular formula is C15H15BrN4O2S2. The summed E-state index contributed by atoms with van der Waals surface area (Å²) in [6, 6.07) is 7.46. The molecule has 1 aliphatic rings. The minimum Gasteiger partial charge on any atom is -0.312 e. The maximum absolute atomic E-state index is 12.7. The van der Waals surface area contributed by atoms with Gasteiger partial charge in [0.15, 0.2) is 5.65 Å². The largest absolute Gasteiger partial charge is 0.312 e. The van der Waals surface area contributed by atoms with Crippen LogP contribution in [0.5, 0.6) is 0 Å². The molecule has 0 N–H and O–H groups in total. The molecule has 4 rings (SSSR count). The predicted octanol–water partition coefficient (Wildman–Crippen LogP) is 3.28. The van der Waals surface area contributed by atoms with Gasteiger partial charge in [0.1, 0.15) is 9.73 Å². The normalized spacial score (nSPS) is 17.5. The van der Waals surface area contributed by atoms with Crippen LogP contribution >= 0.6 is 27.3 Å². The van der Waals surface area contributed by atoms with Crippen molar-refractivity contribution in [1.29, 1.82) is 0 Å². The average molecular weight is 427 g/mol. The smallest absolute Gasteiger partial charge is 0.252 e. The summed E-state index contributed by atoms with van der Waals surface area (Å²) < 4.78 is 30.2. The van der Waals surface area contributed by atoms with Crippen molar-refractivity contribution in [2.75, 3.05) is 13.1 Å². The standard InChI is InChI=1S/C15H15BrN4O2S2/c16-13-3-4-14(23-13)24(21,22)19-8-5-11(6-9-19)20-10-18-12-2-1-7-17-15(12)20/h1-4,7,10-11H,5-6,8-9H2. The molecule has 1 saturated heterocycles. The van der Waals surface area contributed by atoms with Gasteiger partial charge in [-0.25, -0.2) is 18.4 Å². The summed E-state index contributed by atoms with van der Waals surface area (Å²) in [5, 5.41) is 0. The molecule has 0 spiro atoms. The first-order chi connectivity index (χ1) is 11.6. The fourth-order valence-corrected chi connectivity index (χ4v) is 6.69. The molecule has 1 aliphatic heterocycles. The second-order valence-electron chi connectivity index (χ2n) is 5.69. The Morgan fingerprint density at radius 3 is 2.67 bits per heavy atom. The van der Waals surface area contributed by atoms with Gasteiger partial charge in [-0.15, -0.1) is 11.3 Å². The van der Waals surface area contributed by atoms with E-state index in [4.69, 9.17) is 0 Å². The van der Waals surface area contributed by atoms with E-state index < -0.39 is 10.0 Å². The van der Waals surface area contributed by atoms with Gasteiger partial charge in [-0.2, -0.15) is 4.31 Å². The highest BCUT2D eigenvalue weighted by molar-refractivity contribution is 9.11. The quantitative estimate of drug-likeness (QED) is 0.644. The molecule has 0 bridgehead atoms. The average Bonchev–Trinajstić information content (AvgIpc) is 3.21. The fraction of sp³-hybridized carbons (Fsp3) is 0.333. The number of hydrogen-bond acceptors (Lipinski definition) is 5. The highest BCUT2D eigenvalue weighted by Gasteiger charge is 2.31. The molecule has 0 aromatic carbocycles. The first-order valence-corrected chi connectivity index (χ1v) is 10.6. The molecule has 6 nitrogen and oxygen atoms in total. The molecule has 24 heavy (non-hydrogen) atoms. The van der Waals surface area contributed by atoms with Crippen molar-refractivity contribution < 1.29 is 8.42 Å². The molecule has 3 aromatic rings. The third-order valence-corrected chi connectivity index (χ3v) is 8.28. The van der Waals surface area contributed by atoms with Crippen molar-refractivity contribution in [2.45, 2.75) is 23.1 Å². The van der Waals surface area contributed by atoms with Crippen LogP contribution in [0.1, 0.15) is 18.9 Å². The topological polar surface area (TPSA) is 68.1 Å². The number of sulfonamides is 1. The Labute approximate surface area is 152 Å². The Balaban J connectivity index is 1.53. The molecule has 0 saturated carbocycles. The number of hydrogen-bond donors (Lipinski definition) is 0. The van der Waals surface area contributed by atoms with E-state index in [0.717, 1.165) is 27.8 Å². The predicted molar refractivity (Wildman–Crippen MR) is 96.6 cm³/mol. The molecule has 0 unspecified atom stereocenters.